The Morgan fingerprint density at radius 1 is 0.586 bits per heavy atom. The summed E-state index contributed by atoms with van der Waals surface area (Å²) in [5.41, 5.74) is 0.689. The summed E-state index contributed by atoms with van der Waals surface area (Å²) in [4.78, 5) is 19.3. The van der Waals surface area contributed by atoms with E-state index >= 15 is 0 Å². The molecule has 0 bridgehead atoms. The van der Waals surface area contributed by atoms with Crippen molar-refractivity contribution in [2.45, 2.75) is 19.0 Å². The van der Waals surface area contributed by atoms with Gasteiger partial charge in [-0.2, -0.15) is 13.2 Å². The number of phenols is 1. The molecule has 0 aliphatic carbocycles. The van der Waals surface area contributed by atoms with Gasteiger partial charge in [0.05, 0.1) is 30.6 Å². The fourth-order valence-corrected chi connectivity index (χ4v) is 5.67. The van der Waals surface area contributed by atoms with Crippen LogP contribution in [-0.4, -0.2) is 57.3 Å². The summed E-state index contributed by atoms with van der Waals surface area (Å²) in [6.45, 7) is 0.780. The predicted octanol–water partition coefficient (Wildman–Crippen LogP) is 9.05. The number of anilines is 2. The first kappa shape index (κ1) is 40.7. The molecule has 0 amide bonds. The quantitative estimate of drug-likeness (QED) is 0.102. The molecule has 3 aromatic heterocycles. The molecule has 0 aliphatic heterocycles. The second kappa shape index (κ2) is 17.9. The molecule has 0 unspecified atom stereocenters. The molecule has 0 saturated heterocycles. The van der Waals surface area contributed by atoms with Crippen LogP contribution in [0.15, 0.2) is 91.6 Å². The zero-order valence-corrected chi connectivity index (χ0v) is 30.5. The van der Waals surface area contributed by atoms with Gasteiger partial charge in [-0.3, -0.25) is 0 Å². The molecule has 3 N–H and O–H groups in total. The van der Waals surface area contributed by atoms with Crippen molar-refractivity contribution in [3.63, 3.8) is 0 Å². The topological polar surface area (TPSA) is 136 Å². The van der Waals surface area contributed by atoms with Gasteiger partial charge in [-0.05, 0) is 78.6 Å². The van der Waals surface area contributed by atoms with Crippen LogP contribution >= 0.6 is 0 Å². The van der Waals surface area contributed by atoms with Crippen molar-refractivity contribution >= 4 is 33.4 Å². The average molecular weight is 808 g/mol. The molecular formula is C40H32F7N7O4. The highest BCUT2D eigenvalue weighted by atomic mass is 19.4. The molecule has 0 radical (unpaired) electrons. The maximum Gasteiger partial charge on any atom is 0.417 e. The summed E-state index contributed by atoms with van der Waals surface area (Å²) in [5, 5.41) is 15.5. The number of benzene rings is 4. The number of alkyl halides is 3. The van der Waals surface area contributed by atoms with Crippen LogP contribution in [0.3, 0.4) is 0 Å². The lowest BCUT2D eigenvalue weighted by Gasteiger charge is -2.13. The number of aromatic hydroxyl groups is 1. The van der Waals surface area contributed by atoms with Crippen molar-refractivity contribution in [2.75, 3.05) is 37.9 Å². The smallest absolute Gasteiger partial charge is 0.417 e. The molecule has 4 aromatic carbocycles. The molecule has 11 nitrogen and oxygen atoms in total. The van der Waals surface area contributed by atoms with Gasteiger partial charge in [0.25, 0.3) is 0 Å². The summed E-state index contributed by atoms with van der Waals surface area (Å²) >= 11 is 0. The lowest BCUT2D eigenvalue weighted by molar-refractivity contribution is -0.137. The van der Waals surface area contributed by atoms with E-state index in [-0.39, 0.29) is 50.8 Å². The molecule has 58 heavy (non-hydrogen) atoms. The highest BCUT2D eigenvalue weighted by Gasteiger charge is 2.30. The average Bonchev–Trinajstić information content (AvgIpc) is 3.22. The Kier molecular flexibility index (Phi) is 12.5. The molecule has 0 fully saturated rings. The molecular weight excluding hydrogens is 775 g/mol. The molecule has 0 saturated carbocycles. The number of nitrogens with one attached hydrogen (secondary N) is 2. The van der Waals surface area contributed by atoms with Crippen LogP contribution in [0, 0.1) is 23.3 Å². The van der Waals surface area contributed by atoms with Crippen molar-refractivity contribution in [2.24, 2.45) is 0 Å². The van der Waals surface area contributed by atoms with Crippen LogP contribution in [0.5, 0.6) is 28.9 Å². The number of ether oxygens (including phenoxy) is 3. The van der Waals surface area contributed by atoms with Crippen LogP contribution in [-0.2, 0) is 19.0 Å². The minimum Gasteiger partial charge on any atom is -0.504 e. The largest absolute Gasteiger partial charge is 0.504 e. The molecule has 0 spiro atoms. The van der Waals surface area contributed by atoms with Gasteiger partial charge in [-0.1, -0.05) is 12.1 Å². The highest BCUT2D eigenvalue weighted by Crippen LogP contribution is 2.34. The normalized spacial score (nSPS) is 11.2. The summed E-state index contributed by atoms with van der Waals surface area (Å²) in [5.74, 6) is -1.02. The lowest BCUT2D eigenvalue weighted by atomic mass is 10.1. The number of phenolic OH excluding ortho intramolecular Hbond substituents is 1. The van der Waals surface area contributed by atoms with E-state index in [4.69, 9.17) is 14.2 Å². The van der Waals surface area contributed by atoms with E-state index in [0.29, 0.717) is 43.6 Å². The Hall–Kier alpha value is -6.98. The fourth-order valence-electron chi connectivity index (χ4n) is 5.67. The molecule has 18 heteroatoms. The number of methoxy groups -OCH3 is 2. The lowest BCUT2D eigenvalue weighted by Crippen LogP contribution is -2.08. The van der Waals surface area contributed by atoms with Gasteiger partial charge < -0.3 is 30.0 Å². The highest BCUT2D eigenvalue weighted by molar-refractivity contribution is 5.90. The van der Waals surface area contributed by atoms with Crippen LogP contribution < -0.4 is 24.8 Å². The molecule has 0 atom stereocenters. The first-order chi connectivity index (χ1) is 27.9. The van der Waals surface area contributed by atoms with E-state index in [1.807, 2.05) is 0 Å². The first-order valence-electron chi connectivity index (χ1n) is 17.2. The Balaban J connectivity index is 0.000000208. The SMILES string of the molecule is COc1cc(CCNc2ncnc3c(F)ccc(F)c23)ccc1O.COc1cc(CCNc2ncnc3c(F)ccc(F)c23)ccc1Oc1ccc(C(F)(F)F)cn1. The molecule has 300 valence electrons. The van der Waals surface area contributed by atoms with E-state index in [9.17, 15) is 35.8 Å². The maximum atomic E-state index is 14.2. The standard InChI is InChI=1S/C23H17F5N4O2.C17H15F2N3O2/c1-33-18-10-13(2-6-17(18)34-19-7-3-14(11-30-19)23(26,27)28)8-9-29-22-20-15(24)4-5-16(25)21(20)31-12-32-22;1-24-14-8-10(2-5-13(14)23)6-7-20-17-15-11(18)3-4-12(19)16(15)21-9-22-17/h2-7,10-12H,8-9H2,1H3,(H,29,31,32);2-5,8-9,23H,6-7H2,1H3,(H,20,21,22). The number of aromatic nitrogens is 5. The zero-order chi connectivity index (χ0) is 41.4. The number of halogens is 7. The summed E-state index contributed by atoms with van der Waals surface area (Å²) in [7, 11) is 2.90. The number of hydrogen-bond donors (Lipinski definition) is 3. The summed E-state index contributed by atoms with van der Waals surface area (Å²) in [6.07, 6.45) is -0.407. The maximum absolute atomic E-state index is 14.2. The van der Waals surface area contributed by atoms with Gasteiger partial charge in [-0.15, -0.1) is 0 Å². The summed E-state index contributed by atoms with van der Waals surface area (Å²) in [6, 6.07) is 16.2. The van der Waals surface area contributed by atoms with E-state index in [1.165, 1.54) is 20.5 Å². The van der Waals surface area contributed by atoms with Crippen LogP contribution in [0.25, 0.3) is 21.8 Å². The van der Waals surface area contributed by atoms with E-state index in [0.717, 1.165) is 53.9 Å². The van der Waals surface area contributed by atoms with Gasteiger partial charge in [-0.25, -0.2) is 42.5 Å². The third-order valence-electron chi connectivity index (χ3n) is 8.54. The summed E-state index contributed by atoms with van der Waals surface area (Å²) < 4.78 is 110. The zero-order valence-electron chi connectivity index (χ0n) is 30.5. The van der Waals surface area contributed by atoms with Gasteiger partial charge in [0.1, 0.15) is 58.6 Å². The second-order valence-corrected chi connectivity index (χ2v) is 12.3. The number of fused-ring (bicyclic) bond motifs is 2. The number of pyridine rings is 1. The predicted molar refractivity (Wildman–Crippen MR) is 200 cm³/mol. The first-order valence-corrected chi connectivity index (χ1v) is 17.2. The van der Waals surface area contributed by atoms with Crippen molar-refractivity contribution in [3.8, 4) is 28.9 Å². The van der Waals surface area contributed by atoms with Crippen molar-refractivity contribution in [3.05, 3.63) is 132 Å². The van der Waals surface area contributed by atoms with Crippen molar-refractivity contribution in [1.82, 2.24) is 24.9 Å². The van der Waals surface area contributed by atoms with Gasteiger partial charge >= 0.3 is 6.18 Å². The van der Waals surface area contributed by atoms with E-state index in [2.05, 4.69) is 35.6 Å². The molecule has 0 aliphatic rings. The Morgan fingerprint density at radius 2 is 1.10 bits per heavy atom. The molecule has 3 heterocycles. The Labute approximate surface area is 325 Å². The monoisotopic (exact) mass is 807 g/mol. The molecule has 7 rings (SSSR count). The fraction of sp³-hybridized carbons (Fsp3) is 0.175. The third kappa shape index (κ3) is 9.51. The number of rotatable bonds is 12. The number of hydrogen-bond acceptors (Lipinski definition) is 11. The Morgan fingerprint density at radius 3 is 1.60 bits per heavy atom. The van der Waals surface area contributed by atoms with Gasteiger partial charge in [0, 0.05) is 25.4 Å². The van der Waals surface area contributed by atoms with Crippen LogP contribution in [0.1, 0.15) is 16.7 Å². The molecule has 7 aromatic rings. The third-order valence-corrected chi connectivity index (χ3v) is 8.54. The van der Waals surface area contributed by atoms with Crippen molar-refractivity contribution in [1.29, 1.82) is 0 Å². The number of nitrogens with zero attached hydrogens (tertiary/aromatic N) is 5. The van der Waals surface area contributed by atoms with Crippen LogP contribution in [0.2, 0.25) is 0 Å². The minimum atomic E-state index is -4.49. The van der Waals surface area contributed by atoms with E-state index in [1.54, 1.807) is 36.4 Å². The van der Waals surface area contributed by atoms with Crippen molar-refractivity contribution < 1.29 is 50.1 Å². The van der Waals surface area contributed by atoms with Crippen LogP contribution in [0.4, 0.5) is 42.4 Å². The van der Waals surface area contributed by atoms with Gasteiger partial charge in [0.2, 0.25) is 5.88 Å². The Bertz CT molecular complexity index is 2550. The second-order valence-electron chi connectivity index (χ2n) is 12.3. The minimum absolute atomic E-state index is 0.0226. The van der Waals surface area contributed by atoms with E-state index < -0.39 is 35.0 Å². The van der Waals surface area contributed by atoms with Gasteiger partial charge in [0.15, 0.2) is 23.0 Å².